The summed E-state index contributed by atoms with van der Waals surface area (Å²) in [5.41, 5.74) is 0.790. The van der Waals surface area contributed by atoms with Crippen molar-refractivity contribution in [3.05, 3.63) is 34.6 Å². The van der Waals surface area contributed by atoms with Crippen LogP contribution in [0.25, 0.3) is 0 Å². The van der Waals surface area contributed by atoms with Gasteiger partial charge in [0.2, 0.25) is 0 Å². The molecule has 0 spiro atoms. The zero-order valence-corrected chi connectivity index (χ0v) is 8.55. The summed E-state index contributed by atoms with van der Waals surface area (Å²) < 4.78 is 17.6. The van der Waals surface area contributed by atoms with Gasteiger partial charge in [0.15, 0.2) is 0 Å². The Morgan fingerprint density at radius 1 is 1.53 bits per heavy atom. The van der Waals surface area contributed by atoms with E-state index in [0.717, 1.165) is 5.56 Å². The monoisotopic (exact) mass is 229 g/mol. The Labute approximate surface area is 91.2 Å². The molecule has 1 fully saturated rings. The lowest BCUT2D eigenvalue weighted by molar-refractivity contribution is 0.115. The van der Waals surface area contributed by atoms with Gasteiger partial charge in [-0.05, 0) is 17.7 Å². The Balaban J connectivity index is 2.21. The van der Waals surface area contributed by atoms with Crippen LogP contribution in [0.2, 0.25) is 5.02 Å². The normalized spacial score (nSPS) is 20.7. The topological polar surface area (TPSA) is 38.3 Å². The van der Waals surface area contributed by atoms with E-state index in [4.69, 9.17) is 16.3 Å². The summed E-state index contributed by atoms with van der Waals surface area (Å²) in [5, 5.41) is 2.70. The van der Waals surface area contributed by atoms with Crippen molar-refractivity contribution in [1.82, 2.24) is 5.32 Å². The number of hydrogen-bond donors (Lipinski definition) is 1. The molecule has 0 unspecified atom stereocenters. The van der Waals surface area contributed by atoms with E-state index in [2.05, 4.69) is 5.32 Å². The highest BCUT2D eigenvalue weighted by atomic mass is 35.5. The van der Waals surface area contributed by atoms with Crippen LogP contribution in [0, 0.1) is 5.82 Å². The van der Waals surface area contributed by atoms with E-state index in [1.54, 1.807) is 6.07 Å². The number of nitrogens with one attached hydrogen (secondary N) is 1. The fourth-order valence-electron chi connectivity index (χ4n) is 1.50. The number of amides is 1. The second-order valence-corrected chi connectivity index (χ2v) is 3.70. The van der Waals surface area contributed by atoms with Crippen molar-refractivity contribution in [3.63, 3.8) is 0 Å². The van der Waals surface area contributed by atoms with Gasteiger partial charge in [0.1, 0.15) is 5.82 Å². The zero-order chi connectivity index (χ0) is 10.8. The average molecular weight is 230 g/mol. The minimum Gasteiger partial charge on any atom is -0.449 e. The van der Waals surface area contributed by atoms with Gasteiger partial charge in [-0.15, -0.1) is 0 Å². The minimum absolute atomic E-state index is 0.0632. The van der Waals surface area contributed by atoms with Crippen molar-refractivity contribution in [2.45, 2.75) is 12.5 Å². The molecule has 1 aromatic rings. The van der Waals surface area contributed by atoms with E-state index in [0.29, 0.717) is 13.0 Å². The van der Waals surface area contributed by atoms with Gasteiger partial charge >= 0.3 is 6.09 Å². The molecule has 15 heavy (non-hydrogen) atoms. The highest BCUT2D eigenvalue weighted by molar-refractivity contribution is 6.30. The van der Waals surface area contributed by atoms with Gasteiger partial charge in [-0.25, -0.2) is 9.18 Å². The first-order valence-corrected chi connectivity index (χ1v) is 4.93. The molecule has 1 aliphatic rings. The molecule has 0 bridgehead atoms. The summed E-state index contributed by atoms with van der Waals surface area (Å²) in [6.45, 7) is 0.367. The molecule has 1 heterocycles. The van der Waals surface area contributed by atoms with E-state index >= 15 is 0 Å². The molecule has 0 aromatic heterocycles. The molecule has 80 valence electrons. The Morgan fingerprint density at radius 2 is 2.33 bits per heavy atom. The molecule has 1 N–H and O–H groups in total. The molecule has 0 aliphatic carbocycles. The first-order chi connectivity index (χ1) is 7.16. The van der Waals surface area contributed by atoms with Gasteiger partial charge in [-0.2, -0.15) is 0 Å². The van der Waals surface area contributed by atoms with Crippen LogP contribution in [0.3, 0.4) is 0 Å². The average Bonchev–Trinajstić information content (AvgIpc) is 2.22. The molecule has 1 atom stereocenters. The van der Waals surface area contributed by atoms with E-state index in [1.165, 1.54) is 12.1 Å². The molecular formula is C10H9ClFNO2. The third-order valence-corrected chi connectivity index (χ3v) is 2.57. The summed E-state index contributed by atoms with van der Waals surface area (Å²) in [4.78, 5) is 11.0. The van der Waals surface area contributed by atoms with Crippen LogP contribution in [0.5, 0.6) is 0 Å². The molecule has 0 saturated carbocycles. The van der Waals surface area contributed by atoms with Crippen LogP contribution in [-0.4, -0.2) is 12.7 Å². The maximum Gasteiger partial charge on any atom is 0.407 e. The Hall–Kier alpha value is -1.29. The smallest absolute Gasteiger partial charge is 0.407 e. The lowest BCUT2D eigenvalue weighted by Gasteiger charge is -2.23. The fourth-order valence-corrected chi connectivity index (χ4v) is 1.69. The van der Waals surface area contributed by atoms with Crippen LogP contribution in [0.15, 0.2) is 18.2 Å². The number of benzene rings is 1. The van der Waals surface area contributed by atoms with E-state index < -0.39 is 11.9 Å². The Morgan fingerprint density at radius 3 is 3.00 bits per heavy atom. The molecule has 1 saturated heterocycles. The quantitative estimate of drug-likeness (QED) is 0.804. The van der Waals surface area contributed by atoms with Gasteiger partial charge in [-0.1, -0.05) is 17.7 Å². The SMILES string of the molecule is O=C1N[C@@H](c2ccc(F)c(Cl)c2)CCO1. The number of alkyl carbamates (subject to hydrolysis) is 1. The van der Waals surface area contributed by atoms with Gasteiger partial charge in [-0.3, -0.25) is 0 Å². The van der Waals surface area contributed by atoms with E-state index in [-0.39, 0.29) is 11.1 Å². The van der Waals surface area contributed by atoms with Gasteiger partial charge in [0.25, 0.3) is 0 Å². The molecule has 3 nitrogen and oxygen atoms in total. The maximum atomic E-state index is 12.9. The number of carbonyl (C=O) groups excluding carboxylic acids is 1. The molecular weight excluding hydrogens is 221 g/mol. The predicted octanol–water partition coefficient (Wildman–Crippen LogP) is 2.65. The van der Waals surface area contributed by atoms with Crippen molar-refractivity contribution in [1.29, 1.82) is 0 Å². The van der Waals surface area contributed by atoms with Crippen molar-refractivity contribution in [2.24, 2.45) is 0 Å². The number of hydrogen-bond acceptors (Lipinski definition) is 2. The predicted molar refractivity (Wildman–Crippen MR) is 53.3 cm³/mol. The van der Waals surface area contributed by atoms with Crippen LogP contribution in [-0.2, 0) is 4.74 Å². The van der Waals surface area contributed by atoms with E-state index in [1.807, 2.05) is 0 Å². The van der Waals surface area contributed by atoms with Crippen LogP contribution >= 0.6 is 11.6 Å². The number of cyclic esters (lactones) is 1. The van der Waals surface area contributed by atoms with Crippen molar-refractivity contribution in [2.75, 3.05) is 6.61 Å². The van der Waals surface area contributed by atoms with Crippen molar-refractivity contribution >= 4 is 17.7 Å². The number of ether oxygens (including phenoxy) is 1. The van der Waals surface area contributed by atoms with Crippen molar-refractivity contribution < 1.29 is 13.9 Å². The summed E-state index contributed by atoms with van der Waals surface area (Å²) in [6.07, 6.45) is 0.208. The van der Waals surface area contributed by atoms with Gasteiger partial charge in [0, 0.05) is 6.42 Å². The van der Waals surface area contributed by atoms with Crippen molar-refractivity contribution in [3.8, 4) is 0 Å². The van der Waals surface area contributed by atoms with Gasteiger partial charge in [0.05, 0.1) is 17.7 Å². The van der Waals surface area contributed by atoms with Crippen LogP contribution < -0.4 is 5.32 Å². The molecule has 5 heteroatoms. The number of carbonyl (C=O) groups is 1. The summed E-state index contributed by atoms with van der Waals surface area (Å²) in [6, 6.07) is 4.27. The maximum absolute atomic E-state index is 12.9. The molecule has 1 aliphatic heterocycles. The first kappa shape index (κ1) is 10.2. The van der Waals surface area contributed by atoms with Crippen LogP contribution in [0.4, 0.5) is 9.18 Å². The van der Waals surface area contributed by atoms with Crippen LogP contribution in [0.1, 0.15) is 18.0 Å². The molecule has 2 rings (SSSR count). The standard InChI is InChI=1S/C10H9ClFNO2/c11-7-5-6(1-2-8(7)12)9-3-4-15-10(14)13-9/h1-2,5,9H,3-4H2,(H,13,14)/t9-/m1/s1. The summed E-state index contributed by atoms with van der Waals surface area (Å²) in [5.74, 6) is -0.459. The third kappa shape index (κ3) is 2.21. The Kier molecular flexibility index (Phi) is 2.77. The number of halogens is 2. The molecule has 1 amide bonds. The summed E-state index contributed by atoms with van der Waals surface area (Å²) >= 11 is 5.65. The minimum atomic E-state index is -0.459. The van der Waals surface area contributed by atoms with Gasteiger partial charge < -0.3 is 10.1 Å². The Bertz CT molecular complexity index is 397. The highest BCUT2D eigenvalue weighted by Crippen LogP contribution is 2.24. The first-order valence-electron chi connectivity index (χ1n) is 4.55. The lowest BCUT2D eigenvalue weighted by atomic mass is 10.0. The third-order valence-electron chi connectivity index (χ3n) is 2.28. The highest BCUT2D eigenvalue weighted by Gasteiger charge is 2.21. The second kappa shape index (κ2) is 4.06. The lowest BCUT2D eigenvalue weighted by Crippen LogP contribution is -2.35. The van der Waals surface area contributed by atoms with E-state index in [9.17, 15) is 9.18 Å². The molecule has 1 aromatic carbocycles. The summed E-state index contributed by atoms with van der Waals surface area (Å²) in [7, 11) is 0. The number of rotatable bonds is 1. The molecule has 0 radical (unpaired) electrons. The second-order valence-electron chi connectivity index (χ2n) is 3.30. The largest absolute Gasteiger partial charge is 0.449 e. The fraction of sp³-hybridized carbons (Fsp3) is 0.300. The zero-order valence-electron chi connectivity index (χ0n) is 7.80.